The lowest BCUT2D eigenvalue weighted by Crippen LogP contribution is -2.14. The molecule has 4 aromatic rings. The van der Waals surface area contributed by atoms with E-state index in [2.05, 4.69) is 30.8 Å². The Labute approximate surface area is 237 Å². The lowest BCUT2D eigenvalue weighted by molar-refractivity contribution is 0.467. The normalized spacial score (nSPS) is 11.2. The molecule has 0 bridgehead atoms. The maximum Gasteiger partial charge on any atom is 0.298 e. The first-order valence-electron chi connectivity index (χ1n) is 10.2. The van der Waals surface area contributed by atoms with E-state index in [-0.39, 0.29) is 22.9 Å². The smallest absolute Gasteiger partial charge is 0.298 e. The van der Waals surface area contributed by atoms with Gasteiger partial charge in [-0.2, -0.15) is 16.8 Å². The van der Waals surface area contributed by atoms with E-state index in [4.69, 9.17) is 46.1 Å². The Hall–Kier alpha value is -4.20. The van der Waals surface area contributed by atoms with Crippen molar-refractivity contribution in [1.29, 1.82) is 0 Å². The van der Waals surface area contributed by atoms with Gasteiger partial charge in [0.25, 0.3) is 20.2 Å². The van der Waals surface area contributed by atoms with Crippen LogP contribution in [0.15, 0.2) is 58.6 Å². The maximum atomic E-state index is 11.6. The highest BCUT2D eigenvalue weighted by atomic mass is 35.5. The van der Waals surface area contributed by atoms with Gasteiger partial charge >= 0.3 is 0 Å². The minimum atomic E-state index is -5.05. The van der Waals surface area contributed by atoms with Crippen LogP contribution in [0.3, 0.4) is 0 Å². The molecule has 40 heavy (non-hydrogen) atoms. The van der Waals surface area contributed by atoms with E-state index in [9.17, 15) is 25.9 Å². The summed E-state index contributed by atoms with van der Waals surface area (Å²) in [6, 6.07) is 9.78. The fourth-order valence-electron chi connectivity index (χ4n) is 2.62. The summed E-state index contributed by atoms with van der Waals surface area (Å²) in [5.74, 6) is 0.420. The predicted molar refractivity (Wildman–Crippen MR) is 149 cm³/mol. The van der Waals surface area contributed by atoms with Crippen LogP contribution in [0.4, 0.5) is 23.0 Å². The van der Waals surface area contributed by atoms with Crippen LogP contribution in [0, 0.1) is 0 Å². The Morgan fingerprint density at radius 2 is 1.20 bits per heavy atom. The Kier molecular flexibility index (Phi) is 11.0. The molecule has 0 aliphatic rings. The van der Waals surface area contributed by atoms with Crippen molar-refractivity contribution in [3.05, 3.63) is 70.0 Å². The van der Waals surface area contributed by atoms with Crippen molar-refractivity contribution in [2.75, 3.05) is 22.9 Å². The van der Waals surface area contributed by atoms with Gasteiger partial charge in [0, 0.05) is 0 Å². The molecular formula is C20H20Cl2N10O6S2. The zero-order valence-electron chi connectivity index (χ0n) is 19.9. The van der Waals surface area contributed by atoms with Gasteiger partial charge in [-0.15, -0.1) is 20.4 Å². The molecule has 20 heteroatoms. The lowest BCUT2D eigenvalue weighted by atomic mass is 10.1. The van der Waals surface area contributed by atoms with Crippen molar-refractivity contribution in [3.63, 3.8) is 0 Å². The van der Waals surface area contributed by atoms with E-state index in [1.807, 2.05) is 0 Å². The molecule has 0 radical (unpaired) electrons. The van der Waals surface area contributed by atoms with Gasteiger partial charge in [-0.1, -0.05) is 65.7 Å². The molecule has 0 amide bonds. The van der Waals surface area contributed by atoms with Crippen molar-refractivity contribution < 1.29 is 25.9 Å². The van der Waals surface area contributed by atoms with Crippen molar-refractivity contribution in [1.82, 2.24) is 30.8 Å². The topological polar surface area (TPSA) is 290 Å². The molecule has 2 heterocycles. The fraction of sp³-hybridized carbons (Fsp3) is 0. The van der Waals surface area contributed by atoms with Crippen LogP contribution in [0.2, 0.25) is 10.0 Å². The van der Waals surface area contributed by atoms with Crippen molar-refractivity contribution in [3.8, 4) is 0 Å². The van der Waals surface area contributed by atoms with Crippen LogP contribution in [0.1, 0.15) is 11.1 Å². The number of benzene rings is 2. The monoisotopic (exact) mass is 630 g/mol. The fourth-order valence-corrected chi connectivity index (χ4v) is 4.93. The van der Waals surface area contributed by atoms with Gasteiger partial charge in [-0.05, 0) is 27.6 Å². The number of anilines is 4. The molecule has 4 rings (SSSR count). The summed E-state index contributed by atoms with van der Waals surface area (Å²) in [7, 11) is -10.1. The highest BCUT2D eigenvalue weighted by molar-refractivity contribution is 7.89. The van der Waals surface area contributed by atoms with Crippen LogP contribution in [0.25, 0.3) is 12.2 Å². The molecule has 0 spiro atoms. The van der Waals surface area contributed by atoms with Gasteiger partial charge in [0.2, 0.25) is 0 Å². The molecule has 0 aliphatic carbocycles. The van der Waals surface area contributed by atoms with Crippen LogP contribution in [0.5, 0.6) is 0 Å². The van der Waals surface area contributed by atoms with E-state index in [1.165, 1.54) is 24.5 Å². The van der Waals surface area contributed by atoms with Gasteiger partial charge in [0.1, 0.15) is 19.8 Å². The Balaban J connectivity index is 0.000000282. The SMILES string of the molecule is Nc1cc(C=Cc2ccccc2)c(S(=O)(=O)O)c(S(=O)(=O)O)c1N.Nc1nnncc1Cl.Nc1nnncc1Cl. The molecule has 0 unspecified atom stereocenters. The van der Waals surface area contributed by atoms with E-state index in [0.717, 1.165) is 6.07 Å². The number of aromatic nitrogens is 6. The second kappa shape index (κ2) is 13.7. The molecular weight excluding hydrogens is 611 g/mol. The minimum absolute atomic E-state index is 0.210. The van der Waals surface area contributed by atoms with E-state index >= 15 is 0 Å². The third kappa shape index (κ3) is 9.22. The summed E-state index contributed by atoms with van der Waals surface area (Å²) in [6.45, 7) is 0. The van der Waals surface area contributed by atoms with Crippen LogP contribution in [-0.4, -0.2) is 56.8 Å². The molecule has 212 valence electrons. The maximum absolute atomic E-state index is 11.6. The predicted octanol–water partition coefficient (Wildman–Crippen LogP) is 1.73. The third-order valence-corrected chi connectivity index (χ3v) is 6.95. The second-order valence-electron chi connectivity index (χ2n) is 7.16. The number of rotatable bonds is 4. The number of hydrogen-bond donors (Lipinski definition) is 6. The van der Waals surface area contributed by atoms with Crippen LogP contribution in [-0.2, 0) is 20.2 Å². The Morgan fingerprint density at radius 1 is 0.725 bits per heavy atom. The molecule has 0 atom stereocenters. The van der Waals surface area contributed by atoms with Gasteiger partial charge in [0.05, 0.1) is 23.8 Å². The first-order valence-corrected chi connectivity index (χ1v) is 13.8. The number of halogens is 2. The summed E-state index contributed by atoms with van der Waals surface area (Å²) in [5.41, 5.74) is 20.9. The second-order valence-corrected chi connectivity index (χ2v) is 10.7. The average molecular weight is 631 g/mol. The molecule has 0 saturated heterocycles. The molecule has 16 nitrogen and oxygen atoms in total. The first kappa shape index (κ1) is 32.0. The van der Waals surface area contributed by atoms with Crippen molar-refractivity contribution in [2.45, 2.75) is 9.79 Å². The summed E-state index contributed by atoms with van der Waals surface area (Å²) in [6.07, 6.45) is 5.39. The van der Waals surface area contributed by atoms with Crippen molar-refractivity contribution >= 4 is 78.6 Å². The molecule has 0 fully saturated rings. The van der Waals surface area contributed by atoms with Gasteiger partial charge in [-0.3, -0.25) is 9.11 Å². The van der Waals surface area contributed by atoms with E-state index < -0.39 is 35.7 Å². The average Bonchev–Trinajstić information content (AvgIpc) is 2.88. The highest BCUT2D eigenvalue weighted by Crippen LogP contribution is 2.35. The summed E-state index contributed by atoms with van der Waals surface area (Å²) in [4.78, 5) is -2.19. The first-order chi connectivity index (χ1) is 18.6. The van der Waals surface area contributed by atoms with E-state index in [1.54, 1.807) is 30.3 Å². The summed E-state index contributed by atoms with van der Waals surface area (Å²) in [5, 5.41) is 20.6. The van der Waals surface area contributed by atoms with Crippen LogP contribution >= 0.6 is 23.2 Å². The zero-order chi connectivity index (χ0) is 30.1. The number of hydrogen-bond acceptors (Lipinski definition) is 14. The molecule has 0 saturated carbocycles. The van der Waals surface area contributed by atoms with Gasteiger partial charge in [-0.25, -0.2) is 0 Å². The van der Waals surface area contributed by atoms with E-state index in [0.29, 0.717) is 15.6 Å². The van der Waals surface area contributed by atoms with Crippen molar-refractivity contribution in [2.24, 2.45) is 0 Å². The largest absolute Gasteiger partial charge is 0.397 e. The number of nitrogens with two attached hydrogens (primary N) is 4. The third-order valence-electron chi connectivity index (χ3n) is 4.35. The summed E-state index contributed by atoms with van der Waals surface area (Å²) >= 11 is 10.8. The molecule has 2 aromatic carbocycles. The Morgan fingerprint density at radius 3 is 1.57 bits per heavy atom. The zero-order valence-corrected chi connectivity index (χ0v) is 23.0. The quantitative estimate of drug-likeness (QED) is 0.106. The van der Waals surface area contributed by atoms with Gasteiger partial charge < -0.3 is 22.9 Å². The van der Waals surface area contributed by atoms with Gasteiger partial charge in [0.15, 0.2) is 11.6 Å². The number of nitrogens with zero attached hydrogens (tertiary/aromatic N) is 6. The Bertz CT molecular complexity index is 1640. The molecule has 10 N–H and O–H groups in total. The summed E-state index contributed by atoms with van der Waals surface area (Å²) < 4.78 is 65.0. The standard InChI is InChI=1S/C14H14N2O6S2.2C3H3ClN4/c15-11-8-10(7-6-9-4-2-1-3-5-9)13(23(17,18)19)14(12(11)16)24(20,21)22;2*4-2-1-6-8-7-3(2)5/h1-8H,15-16H2,(H,17,18,19)(H,20,21,22);2*1H,(H2,5,6,7). The van der Waals surface area contributed by atoms with Crippen LogP contribution < -0.4 is 22.9 Å². The molecule has 0 aliphatic heterocycles. The highest BCUT2D eigenvalue weighted by Gasteiger charge is 2.30. The minimum Gasteiger partial charge on any atom is -0.397 e. The number of nitrogen functional groups attached to an aromatic ring is 4. The molecule has 2 aromatic heterocycles. The lowest BCUT2D eigenvalue weighted by Gasteiger charge is -2.13.